The Hall–Kier alpha value is -1.84. The molecule has 1 aliphatic carbocycles. The van der Waals surface area contributed by atoms with Gasteiger partial charge in [-0.2, -0.15) is 0 Å². The standard InChI is InChI=1S/C11H16N2O7/c1-9(19-7-6-18-2)20-11(13(16)17)5-3-4-10(8-11)12(14)15/h3-4,8-9H,5-7H2,1-2H3. The fourth-order valence-corrected chi connectivity index (χ4v) is 1.67. The monoisotopic (exact) mass is 288 g/mol. The third-order valence-corrected chi connectivity index (χ3v) is 2.60. The van der Waals surface area contributed by atoms with Gasteiger partial charge in [0.15, 0.2) is 6.29 Å². The summed E-state index contributed by atoms with van der Waals surface area (Å²) >= 11 is 0. The first-order valence-corrected chi connectivity index (χ1v) is 5.88. The molecule has 0 spiro atoms. The van der Waals surface area contributed by atoms with Crippen LogP contribution < -0.4 is 0 Å². The van der Waals surface area contributed by atoms with Gasteiger partial charge in [0.05, 0.1) is 35.6 Å². The summed E-state index contributed by atoms with van der Waals surface area (Å²) in [6.45, 7) is 2.00. The molecule has 0 aliphatic heterocycles. The number of nitro groups is 2. The van der Waals surface area contributed by atoms with E-state index in [1.165, 1.54) is 26.2 Å². The Morgan fingerprint density at radius 1 is 1.40 bits per heavy atom. The van der Waals surface area contributed by atoms with Crippen molar-refractivity contribution in [2.45, 2.75) is 25.4 Å². The normalized spacial score (nSPS) is 23.2. The van der Waals surface area contributed by atoms with Crippen LogP contribution in [-0.2, 0) is 14.2 Å². The summed E-state index contributed by atoms with van der Waals surface area (Å²) in [6, 6.07) is 0. The molecule has 112 valence electrons. The summed E-state index contributed by atoms with van der Waals surface area (Å²) in [7, 11) is 1.49. The van der Waals surface area contributed by atoms with Gasteiger partial charge in [-0.15, -0.1) is 0 Å². The lowest BCUT2D eigenvalue weighted by Crippen LogP contribution is -2.44. The average Bonchev–Trinajstić information content (AvgIpc) is 2.39. The van der Waals surface area contributed by atoms with E-state index in [2.05, 4.69) is 0 Å². The molecule has 20 heavy (non-hydrogen) atoms. The topological polar surface area (TPSA) is 114 Å². The largest absolute Gasteiger partial charge is 0.382 e. The maximum atomic E-state index is 11.2. The SMILES string of the molecule is COCCOC(C)OC1([N+](=O)[O-])C=C([N+](=O)[O-])C=CC1. The van der Waals surface area contributed by atoms with Crippen LogP contribution in [0.1, 0.15) is 13.3 Å². The van der Waals surface area contributed by atoms with Gasteiger partial charge in [0, 0.05) is 13.2 Å². The van der Waals surface area contributed by atoms with E-state index in [0.29, 0.717) is 6.61 Å². The molecule has 0 aromatic heterocycles. The molecular weight excluding hydrogens is 272 g/mol. The van der Waals surface area contributed by atoms with Gasteiger partial charge in [-0.1, -0.05) is 6.08 Å². The quantitative estimate of drug-likeness (QED) is 0.284. The van der Waals surface area contributed by atoms with Crippen LogP contribution in [0.3, 0.4) is 0 Å². The number of methoxy groups -OCH3 is 1. The molecule has 0 aromatic rings. The lowest BCUT2D eigenvalue weighted by Gasteiger charge is -2.25. The highest BCUT2D eigenvalue weighted by Crippen LogP contribution is 2.28. The van der Waals surface area contributed by atoms with Gasteiger partial charge in [-0.05, 0) is 6.92 Å². The number of rotatable bonds is 8. The van der Waals surface area contributed by atoms with Gasteiger partial charge in [-0.3, -0.25) is 25.0 Å². The molecule has 2 unspecified atom stereocenters. The van der Waals surface area contributed by atoms with Crippen molar-refractivity contribution < 1.29 is 24.1 Å². The third kappa shape index (κ3) is 4.08. The Morgan fingerprint density at radius 2 is 2.10 bits per heavy atom. The zero-order chi connectivity index (χ0) is 15.2. The molecular formula is C11H16N2O7. The maximum Gasteiger partial charge on any atom is 0.357 e. The van der Waals surface area contributed by atoms with E-state index in [9.17, 15) is 20.2 Å². The molecule has 9 heteroatoms. The summed E-state index contributed by atoms with van der Waals surface area (Å²) in [4.78, 5) is 20.5. The average molecular weight is 288 g/mol. The third-order valence-electron chi connectivity index (χ3n) is 2.60. The van der Waals surface area contributed by atoms with E-state index in [1.54, 1.807) is 0 Å². The zero-order valence-corrected chi connectivity index (χ0v) is 11.2. The first-order valence-electron chi connectivity index (χ1n) is 5.88. The highest BCUT2D eigenvalue weighted by atomic mass is 16.7. The van der Waals surface area contributed by atoms with Crippen LogP contribution in [0, 0.1) is 20.2 Å². The van der Waals surface area contributed by atoms with E-state index in [4.69, 9.17) is 14.2 Å². The molecule has 0 saturated heterocycles. The second kappa shape index (κ2) is 7.08. The molecule has 9 nitrogen and oxygen atoms in total. The minimum Gasteiger partial charge on any atom is -0.382 e. The second-order valence-corrected chi connectivity index (χ2v) is 4.08. The molecule has 0 aromatic carbocycles. The van der Waals surface area contributed by atoms with Crippen molar-refractivity contribution in [2.24, 2.45) is 0 Å². The Balaban J connectivity index is 2.81. The molecule has 0 amide bonds. The number of nitrogens with zero attached hydrogens (tertiary/aromatic N) is 2. The second-order valence-electron chi connectivity index (χ2n) is 4.08. The Morgan fingerprint density at radius 3 is 2.65 bits per heavy atom. The van der Waals surface area contributed by atoms with Gasteiger partial charge in [0.1, 0.15) is 0 Å². The lowest BCUT2D eigenvalue weighted by atomic mass is 10.0. The smallest absolute Gasteiger partial charge is 0.357 e. The first-order chi connectivity index (χ1) is 9.41. The summed E-state index contributed by atoms with van der Waals surface area (Å²) in [5.74, 6) is 0. The molecule has 0 radical (unpaired) electrons. The highest BCUT2D eigenvalue weighted by molar-refractivity contribution is 5.21. The van der Waals surface area contributed by atoms with E-state index in [-0.39, 0.29) is 18.7 Å². The highest BCUT2D eigenvalue weighted by Gasteiger charge is 2.46. The number of hydrogen-bond acceptors (Lipinski definition) is 7. The molecule has 0 N–H and O–H groups in total. The van der Waals surface area contributed by atoms with E-state index >= 15 is 0 Å². The van der Waals surface area contributed by atoms with Crippen LogP contribution >= 0.6 is 0 Å². The van der Waals surface area contributed by atoms with Gasteiger partial charge in [0.25, 0.3) is 5.70 Å². The molecule has 0 saturated carbocycles. The van der Waals surface area contributed by atoms with Gasteiger partial charge in [0.2, 0.25) is 0 Å². The van der Waals surface area contributed by atoms with Crippen molar-refractivity contribution in [1.29, 1.82) is 0 Å². The molecule has 0 fully saturated rings. The number of hydrogen-bond donors (Lipinski definition) is 0. The Kier molecular flexibility index (Phi) is 5.74. The predicted octanol–water partition coefficient (Wildman–Crippen LogP) is 1.11. The minimum atomic E-state index is -1.98. The van der Waals surface area contributed by atoms with Crippen molar-refractivity contribution in [3.05, 3.63) is 44.2 Å². The Bertz CT molecular complexity index is 434. The van der Waals surface area contributed by atoms with Crippen LogP contribution in [0.25, 0.3) is 0 Å². The predicted molar refractivity (Wildman–Crippen MR) is 66.9 cm³/mol. The maximum absolute atomic E-state index is 11.2. The van der Waals surface area contributed by atoms with Crippen molar-refractivity contribution >= 4 is 0 Å². The molecule has 1 rings (SSSR count). The summed E-state index contributed by atoms with van der Waals surface area (Å²) < 4.78 is 15.2. The molecule has 0 heterocycles. The fraction of sp³-hybridized carbons (Fsp3) is 0.636. The zero-order valence-electron chi connectivity index (χ0n) is 11.2. The van der Waals surface area contributed by atoms with Crippen molar-refractivity contribution in [1.82, 2.24) is 0 Å². The summed E-state index contributed by atoms with van der Waals surface area (Å²) in [5, 5.41) is 21.9. The molecule has 0 bridgehead atoms. The minimum absolute atomic E-state index is 0.102. The van der Waals surface area contributed by atoms with Gasteiger partial charge >= 0.3 is 5.72 Å². The summed E-state index contributed by atoms with van der Waals surface area (Å²) in [5.41, 5.74) is -2.36. The van der Waals surface area contributed by atoms with E-state index in [0.717, 1.165) is 6.08 Å². The van der Waals surface area contributed by atoms with Crippen molar-refractivity contribution in [3.63, 3.8) is 0 Å². The first kappa shape index (κ1) is 16.2. The molecule has 2 atom stereocenters. The van der Waals surface area contributed by atoms with Gasteiger partial charge in [-0.25, -0.2) is 0 Å². The van der Waals surface area contributed by atoms with E-state index < -0.39 is 21.9 Å². The lowest BCUT2D eigenvalue weighted by molar-refractivity contribution is -0.623. The van der Waals surface area contributed by atoms with Crippen LogP contribution in [-0.4, -0.2) is 42.2 Å². The van der Waals surface area contributed by atoms with Crippen LogP contribution in [0.4, 0.5) is 0 Å². The number of allylic oxidation sites excluding steroid dienone is 1. The van der Waals surface area contributed by atoms with Crippen LogP contribution in [0.15, 0.2) is 23.9 Å². The summed E-state index contributed by atoms with van der Waals surface area (Å²) in [6.07, 6.45) is 2.44. The van der Waals surface area contributed by atoms with Gasteiger partial charge < -0.3 is 9.47 Å². The molecule has 1 aliphatic rings. The number of ether oxygens (including phenoxy) is 3. The fourth-order valence-electron chi connectivity index (χ4n) is 1.67. The van der Waals surface area contributed by atoms with Crippen LogP contribution in [0.5, 0.6) is 0 Å². The van der Waals surface area contributed by atoms with Crippen molar-refractivity contribution in [3.8, 4) is 0 Å². The Labute approximate surface area is 115 Å². The van der Waals surface area contributed by atoms with Crippen LogP contribution in [0.2, 0.25) is 0 Å². The van der Waals surface area contributed by atoms with Crippen molar-refractivity contribution in [2.75, 3.05) is 20.3 Å². The van der Waals surface area contributed by atoms with E-state index in [1.807, 2.05) is 0 Å².